The SMILES string of the molecule is N#Cc1ccc(C2=CC3C(=CC=C2)C=C(c2ccccc2)C3(C#N)C#N)cc1. The van der Waals surface area contributed by atoms with Crippen molar-refractivity contribution in [3.63, 3.8) is 0 Å². The van der Waals surface area contributed by atoms with E-state index in [2.05, 4.69) is 18.2 Å². The number of fused-ring (bicyclic) bond motifs is 1. The summed E-state index contributed by atoms with van der Waals surface area (Å²) in [4.78, 5) is 0. The van der Waals surface area contributed by atoms with Crippen LogP contribution in [0.5, 0.6) is 0 Å². The second kappa shape index (κ2) is 6.88. The molecule has 0 spiro atoms. The van der Waals surface area contributed by atoms with Gasteiger partial charge in [0, 0.05) is 5.92 Å². The lowest BCUT2D eigenvalue weighted by Crippen LogP contribution is -2.24. The Morgan fingerprint density at radius 2 is 1.54 bits per heavy atom. The lowest BCUT2D eigenvalue weighted by molar-refractivity contribution is 0.579. The molecule has 0 aromatic heterocycles. The summed E-state index contributed by atoms with van der Waals surface area (Å²) in [5, 5.41) is 29.2. The Labute approximate surface area is 164 Å². The molecule has 0 aliphatic heterocycles. The Bertz CT molecular complexity index is 1160. The molecule has 1 unspecified atom stereocenters. The van der Waals surface area contributed by atoms with E-state index < -0.39 is 5.41 Å². The standard InChI is InChI=1S/C25H15N3/c26-15-18-9-11-19(12-10-18)21-7-4-8-22-14-23(20-5-2-1-3-6-20)25(16-27,17-28)24(22)13-21/h1-14,24H. The highest BCUT2D eigenvalue weighted by Gasteiger charge is 2.48. The maximum atomic E-state index is 10.1. The van der Waals surface area contributed by atoms with E-state index in [9.17, 15) is 10.5 Å². The summed E-state index contributed by atoms with van der Waals surface area (Å²) < 4.78 is 0. The third kappa shape index (κ3) is 2.66. The molecule has 3 heteroatoms. The van der Waals surface area contributed by atoms with Gasteiger partial charge in [0.1, 0.15) is 0 Å². The van der Waals surface area contributed by atoms with E-state index in [0.29, 0.717) is 5.56 Å². The van der Waals surface area contributed by atoms with Crippen molar-refractivity contribution in [2.45, 2.75) is 0 Å². The number of benzene rings is 2. The summed E-state index contributed by atoms with van der Waals surface area (Å²) >= 11 is 0. The number of nitriles is 3. The lowest BCUT2D eigenvalue weighted by atomic mass is 9.72. The Balaban J connectivity index is 1.84. The first kappa shape index (κ1) is 17.3. The molecular formula is C25H15N3. The number of nitrogens with zero attached hydrogens (tertiary/aromatic N) is 3. The van der Waals surface area contributed by atoms with Crippen LogP contribution in [0.15, 0.2) is 90.6 Å². The average Bonchev–Trinajstić information content (AvgIpc) is 2.91. The van der Waals surface area contributed by atoms with Crippen LogP contribution < -0.4 is 0 Å². The summed E-state index contributed by atoms with van der Waals surface area (Å²) in [7, 11) is 0. The summed E-state index contributed by atoms with van der Waals surface area (Å²) in [5.41, 5.74) is 3.76. The summed E-state index contributed by atoms with van der Waals surface area (Å²) in [6.45, 7) is 0. The first-order chi connectivity index (χ1) is 13.7. The van der Waals surface area contributed by atoms with Crippen LogP contribution >= 0.6 is 0 Å². The minimum absolute atomic E-state index is 0.363. The third-order valence-electron chi connectivity index (χ3n) is 5.26. The molecule has 0 bridgehead atoms. The fourth-order valence-electron chi connectivity index (χ4n) is 3.80. The number of allylic oxidation sites excluding steroid dienone is 8. The molecule has 3 nitrogen and oxygen atoms in total. The van der Waals surface area contributed by atoms with Crippen molar-refractivity contribution < 1.29 is 0 Å². The van der Waals surface area contributed by atoms with Gasteiger partial charge in [0.15, 0.2) is 5.41 Å². The van der Waals surface area contributed by atoms with Gasteiger partial charge in [-0.05, 0) is 40.0 Å². The highest BCUT2D eigenvalue weighted by molar-refractivity contribution is 5.86. The van der Waals surface area contributed by atoms with Crippen LogP contribution in [0, 0.1) is 45.3 Å². The van der Waals surface area contributed by atoms with Gasteiger partial charge in [0.25, 0.3) is 0 Å². The number of hydrogen-bond donors (Lipinski definition) is 0. The van der Waals surface area contributed by atoms with Crippen LogP contribution in [-0.2, 0) is 0 Å². The predicted octanol–water partition coefficient (Wildman–Crippen LogP) is 5.18. The van der Waals surface area contributed by atoms with Crippen molar-refractivity contribution in [3.8, 4) is 18.2 Å². The molecule has 0 heterocycles. The van der Waals surface area contributed by atoms with Crippen molar-refractivity contribution in [2.75, 3.05) is 0 Å². The maximum Gasteiger partial charge on any atom is 0.179 e. The predicted molar refractivity (Wildman–Crippen MR) is 108 cm³/mol. The van der Waals surface area contributed by atoms with Crippen molar-refractivity contribution in [3.05, 3.63) is 107 Å². The van der Waals surface area contributed by atoms with Gasteiger partial charge < -0.3 is 0 Å². The van der Waals surface area contributed by atoms with Gasteiger partial charge in [0.2, 0.25) is 0 Å². The van der Waals surface area contributed by atoms with Gasteiger partial charge in [-0.15, -0.1) is 0 Å². The molecule has 1 atom stereocenters. The fourth-order valence-corrected chi connectivity index (χ4v) is 3.80. The van der Waals surface area contributed by atoms with Gasteiger partial charge >= 0.3 is 0 Å². The number of hydrogen-bond acceptors (Lipinski definition) is 3. The molecule has 2 aromatic rings. The van der Waals surface area contributed by atoms with Crippen LogP contribution in [-0.4, -0.2) is 0 Å². The lowest BCUT2D eigenvalue weighted by Gasteiger charge is -2.24. The van der Waals surface area contributed by atoms with Gasteiger partial charge in [-0.1, -0.05) is 72.8 Å². The van der Waals surface area contributed by atoms with Crippen LogP contribution in [0.3, 0.4) is 0 Å². The largest absolute Gasteiger partial charge is 0.196 e. The van der Waals surface area contributed by atoms with E-state index in [1.165, 1.54) is 0 Å². The van der Waals surface area contributed by atoms with Crippen molar-refractivity contribution in [2.24, 2.45) is 11.3 Å². The van der Waals surface area contributed by atoms with Crippen molar-refractivity contribution in [1.82, 2.24) is 0 Å². The Hall–Kier alpha value is -4.13. The molecule has 0 saturated carbocycles. The topological polar surface area (TPSA) is 71.4 Å². The van der Waals surface area contributed by atoms with E-state index in [0.717, 1.165) is 27.8 Å². The van der Waals surface area contributed by atoms with Crippen LogP contribution in [0.2, 0.25) is 0 Å². The minimum Gasteiger partial charge on any atom is -0.196 e. The summed E-state index contributed by atoms with van der Waals surface area (Å²) in [6, 6.07) is 23.7. The zero-order chi connectivity index (χ0) is 19.6. The van der Waals surface area contributed by atoms with Gasteiger partial charge in [0.05, 0.1) is 23.8 Å². The normalized spacial score (nSPS) is 19.0. The molecule has 2 aliphatic carbocycles. The van der Waals surface area contributed by atoms with Gasteiger partial charge in [-0.25, -0.2) is 0 Å². The Morgan fingerprint density at radius 1 is 0.821 bits per heavy atom. The highest BCUT2D eigenvalue weighted by Crippen LogP contribution is 2.52. The molecule has 130 valence electrons. The fraction of sp³-hybridized carbons (Fsp3) is 0.0800. The second-order valence-electron chi connectivity index (χ2n) is 6.77. The molecule has 0 fully saturated rings. The molecular weight excluding hydrogens is 342 g/mol. The van der Waals surface area contributed by atoms with E-state index in [1.807, 2.05) is 72.8 Å². The van der Waals surface area contributed by atoms with Crippen molar-refractivity contribution in [1.29, 1.82) is 15.8 Å². The quantitative estimate of drug-likeness (QED) is 0.743. The third-order valence-corrected chi connectivity index (χ3v) is 5.26. The number of rotatable bonds is 2. The first-order valence-corrected chi connectivity index (χ1v) is 8.92. The van der Waals surface area contributed by atoms with E-state index in [1.54, 1.807) is 12.1 Å². The zero-order valence-corrected chi connectivity index (χ0v) is 15.0. The van der Waals surface area contributed by atoms with E-state index in [4.69, 9.17) is 5.26 Å². The molecule has 4 rings (SSSR count). The summed E-state index contributed by atoms with van der Waals surface area (Å²) in [6.07, 6.45) is 9.85. The Kier molecular flexibility index (Phi) is 4.25. The molecule has 0 amide bonds. The molecule has 2 aliphatic rings. The molecule has 0 radical (unpaired) electrons. The second-order valence-corrected chi connectivity index (χ2v) is 6.77. The van der Waals surface area contributed by atoms with Crippen LogP contribution in [0.4, 0.5) is 0 Å². The Morgan fingerprint density at radius 3 is 2.18 bits per heavy atom. The smallest absolute Gasteiger partial charge is 0.179 e. The van der Waals surface area contributed by atoms with E-state index >= 15 is 0 Å². The monoisotopic (exact) mass is 357 g/mol. The van der Waals surface area contributed by atoms with Gasteiger partial charge in [-0.3, -0.25) is 0 Å². The molecule has 0 saturated heterocycles. The molecule has 28 heavy (non-hydrogen) atoms. The highest BCUT2D eigenvalue weighted by atomic mass is 14.5. The van der Waals surface area contributed by atoms with Gasteiger partial charge in [-0.2, -0.15) is 15.8 Å². The van der Waals surface area contributed by atoms with Crippen molar-refractivity contribution >= 4 is 11.1 Å². The molecule has 2 aromatic carbocycles. The maximum absolute atomic E-state index is 10.1. The minimum atomic E-state index is -1.28. The van der Waals surface area contributed by atoms with Crippen LogP contribution in [0.25, 0.3) is 11.1 Å². The zero-order valence-electron chi connectivity index (χ0n) is 15.0. The van der Waals surface area contributed by atoms with Crippen LogP contribution in [0.1, 0.15) is 16.7 Å². The first-order valence-electron chi connectivity index (χ1n) is 8.92. The van der Waals surface area contributed by atoms with E-state index in [-0.39, 0.29) is 5.92 Å². The average molecular weight is 357 g/mol. The summed E-state index contributed by atoms with van der Waals surface area (Å²) in [5.74, 6) is -0.363. The molecule has 0 N–H and O–H groups in total.